The number of esters is 3. The van der Waals surface area contributed by atoms with Gasteiger partial charge in [-0.2, -0.15) is 0 Å². The summed E-state index contributed by atoms with van der Waals surface area (Å²) < 4.78 is 45.5. The maximum Gasteiger partial charge on any atom is 0.494 e. The zero-order valence-corrected chi connectivity index (χ0v) is 22.5. The molecule has 3 rings (SSSR count). The predicted octanol–water partition coefficient (Wildman–Crippen LogP) is 1.53. The van der Waals surface area contributed by atoms with E-state index < -0.39 is 66.9 Å². The molecule has 1 aromatic carbocycles. The molecule has 0 spiro atoms. The SMILES string of the molecule is COC1O[C@H](COc2ccc(B3OC(C)(C)C(C)(C)O3)cc2)C(OC(C)=O)C(OC(C)=O)C1OC(C)=O. The van der Waals surface area contributed by atoms with Crippen LogP contribution in [0.2, 0.25) is 0 Å². The molecule has 37 heavy (non-hydrogen) atoms. The van der Waals surface area contributed by atoms with E-state index in [4.69, 9.17) is 37.7 Å². The Morgan fingerprint density at radius 2 is 1.30 bits per heavy atom. The van der Waals surface area contributed by atoms with Gasteiger partial charge in [-0.15, -0.1) is 0 Å². The molecule has 0 aromatic heterocycles. The van der Waals surface area contributed by atoms with Crippen LogP contribution >= 0.6 is 0 Å². The van der Waals surface area contributed by atoms with E-state index in [2.05, 4.69) is 0 Å². The number of benzene rings is 1. The minimum Gasteiger partial charge on any atom is -0.491 e. The summed E-state index contributed by atoms with van der Waals surface area (Å²) in [5, 5.41) is 0. The number of hydrogen-bond acceptors (Lipinski definition) is 11. The number of carbonyl (C=O) groups excluding carboxylic acids is 3. The van der Waals surface area contributed by atoms with E-state index in [0.29, 0.717) is 5.75 Å². The lowest BCUT2D eigenvalue weighted by molar-refractivity contribution is -0.301. The third-order valence-corrected chi connectivity index (χ3v) is 6.55. The summed E-state index contributed by atoms with van der Waals surface area (Å²) in [5.41, 5.74) is -0.0923. The van der Waals surface area contributed by atoms with Crippen LogP contribution in [0.5, 0.6) is 5.75 Å². The summed E-state index contributed by atoms with van der Waals surface area (Å²) in [6.07, 6.45) is -5.47. The van der Waals surface area contributed by atoms with Crippen molar-refractivity contribution in [3.8, 4) is 5.75 Å². The lowest BCUT2D eigenvalue weighted by Gasteiger charge is -2.43. The van der Waals surface area contributed by atoms with Crippen molar-refractivity contribution >= 4 is 30.5 Å². The summed E-state index contributed by atoms with van der Waals surface area (Å²) in [4.78, 5) is 35.4. The normalized spacial score (nSPS) is 28.3. The third-order valence-electron chi connectivity index (χ3n) is 6.55. The quantitative estimate of drug-likeness (QED) is 0.280. The molecule has 2 fully saturated rings. The van der Waals surface area contributed by atoms with E-state index in [0.717, 1.165) is 5.46 Å². The fourth-order valence-corrected chi connectivity index (χ4v) is 4.06. The molecular weight excluding hydrogens is 487 g/mol. The molecule has 1 aromatic rings. The Hall–Kier alpha value is -2.67. The highest BCUT2D eigenvalue weighted by atomic mass is 16.7. The number of methoxy groups -OCH3 is 1. The average Bonchev–Trinajstić information content (AvgIpc) is 3.01. The second kappa shape index (κ2) is 11.4. The van der Waals surface area contributed by atoms with Crippen LogP contribution < -0.4 is 10.2 Å². The zero-order valence-electron chi connectivity index (χ0n) is 22.5. The Kier molecular flexibility index (Phi) is 8.89. The largest absolute Gasteiger partial charge is 0.494 e. The second-order valence-electron chi connectivity index (χ2n) is 9.97. The first-order chi connectivity index (χ1) is 17.2. The van der Waals surface area contributed by atoms with Crippen LogP contribution in [0.15, 0.2) is 24.3 Å². The highest BCUT2D eigenvalue weighted by molar-refractivity contribution is 6.62. The highest BCUT2D eigenvalue weighted by Gasteiger charge is 2.53. The van der Waals surface area contributed by atoms with Crippen molar-refractivity contribution in [1.82, 2.24) is 0 Å². The van der Waals surface area contributed by atoms with Gasteiger partial charge in [0, 0.05) is 27.9 Å². The molecule has 4 unspecified atom stereocenters. The Bertz CT molecular complexity index is 961. The Balaban J connectivity index is 1.76. The van der Waals surface area contributed by atoms with Crippen molar-refractivity contribution in [2.24, 2.45) is 0 Å². The molecular formula is C25H35BO11. The average molecular weight is 522 g/mol. The molecule has 2 heterocycles. The Labute approximate surface area is 217 Å². The van der Waals surface area contributed by atoms with Gasteiger partial charge < -0.3 is 37.7 Å². The van der Waals surface area contributed by atoms with Crippen LogP contribution in [0.4, 0.5) is 0 Å². The molecule has 0 aliphatic carbocycles. The molecule has 2 aliphatic rings. The fourth-order valence-electron chi connectivity index (χ4n) is 4.06. The zero-order chi connectivity index (χ0) is 27.5. The van der Waals surface area contributed by atoms with E-state index >= 15 is 0 Å². The monoisotopic (exact) mass is 522 g/mol. The lowest BCUT2D eigenvalue weighted by atomic mass is 9.79. The summed E-state index contributed by atoms with van der Waals surface area (Å²) in [6, 6.07) is 7.17. The Morgan fingerprint density at radius 1 is 0.811 bits per heavy atom. The van der Waals surface area contributed by atoms with Gasteiger partial charge in [0.2, 0.25) is 0 Å². The molecule has 0 amide bonds. The van der Waals surface area contributed by atoms with E-state index in [-0.39, 0.29) is 6.61 Å². The standard InChI is InChI=1S/C25H35BO11/c1-14(27)32-20-19(35-23(30-8)22(34-16(3)29)21(20)33-15(2)28)13-31-18-11-9-17(10-12-18)26-36-24(4,5)25(6,7)37-26/h9-12,19-23H,13H2,1-8H3/t19-,20?,21?,22?,23?/m1/s1. The molecule has 2 aliphatic heterocycles. The second-order valence-corrected chi connectivity index (χ2v) is 9.97. The van der Waals surface area contributed by atoms with Gasteiger partial charge in [0.25, 0.3) is 0 Å². The topological polar surface area (TPSA) is 125 Å². The number of carbonyl (C=O) groups is 3. The van der Waals surface area contributed by atoms with Crippen LogP contribution in [-0.4, -0.2) is 80.7 Å². The summed E-state index contributed by atoms with van der Waals surface area (Å²) in [5.74, 6) is -1.44. The molecule has 0 bridgehead atoms. The van der Waals surface area contributed by atoms with Crippen molar-refractivity contribution in [1.29, 1.82) is 0 Å². The number of ether oxygens (including phenoxy) is 6. The summed E-state index contributed by atoms with van der Waals surface area (Å²) in [7, 11) is 0.837. The molecule has 11 nitrogen and oxygen atoms in total. The van der Waals surface area contributed by atoms with E-state index in [1.165, 1.54) is 27.9 Å². The smallest absolute Gasteiger partial charge is 0.491 e. The van der Waals surface area contributed by atoms with Crippen LogP contribution in [0, 0.1) is 0 Å². The van der Waals surface area contributed by atoms with Crippen molar-refractivity contribution in [3.63, 3.8) is 0 Å². The van der Waals surface area contributed by atoms with Gasteiger partial charge >= 0.3 is 25.0 Å². The van der Waals surface area contributed by atoms with Crippen molar-refractivity contribution in [2.45, 2.75) is 90.4 Å². The molecule has 204 valence electrons. The van der Waals surface area contributed by atoms with Gasteiger partial charge in [-0.05, 0) is 45.3 Å². The van der Waals surface area contributed by atoms with Gasteiger partial charge in [0.15, 0.2) is 24.6 Å². The van der Waals surface area contributed by atoms with Gasteiger partial charge in [-0.25, -0.2) is 0 Å². The molecule has 0 N–H and O–H groups in total. The lowest BCUT2D eigenvalue weighted by Crippen LogP contribution is -2.62. The highest BCUT2D eigenvalue weighted by Crippen LogP contribution is 2.36. The van der Waals surface area contributed by atoms with Gasteiger partial charge in [-0.1, -0.05) is 12.1 Å². The first-order valence-corrected chi connectivity index (χ1v) is 12.0. The maximum atomic E-state index is 11.9. The summed E-state index contributed by atoms with van der Waals surface area (Å²) >= 11 is 0. The minimum absolute atomic E-state index is 0.0851. The van der Waals surface area contributed by atoms with E-state index in [9.17, 15) is 14.4 Å². The fraction of sp³-hybridized carbons (Fsp3) is 0.640. The van der Waals surface area contributed by atoms with Crippen LogP contribution in [0.25, 0.3) is 0 Å². The van der Waals surface area contributed by atoms with Gasteiger partial charge in [0.05, 0.1) is 11.2 Å². The summed E-state index contributed by atoms with van der Waals surface area (Å²) in [6.45, 7) is 11.4. The van der Waals surface area contributed by atoms with Crippen LogP contribution in [-0.2, 0) is 47.4 Å². The maximum absolute atomic E-state index is 11.9. The minimum atomic E-state index is -1.18. The van der Waals surface area contributed by atoms with Gasteiger partial charge in [-0.3, -0.25) is 14.4 Å². The molecule has 0 saturated carbocycles. The molecule has 2 saturated heterocycles. The molecule has 5 atom stereocenters. The van der Waals surface area contributed by atoms with Crippen molar-refractivity contribution in [2.75, 3.05) is 13.7 Å². The van der Waals surface area contributed by atoms with Crippen LogP contribution in [0.3, 0.4) is 0 Å². The first kappa shape index (κ1) is 28.9. The van der Waals surface area contributed by atoms with Crippen LogP contribution in [0.1, 0.15) is 48.5 Å². The van der Waals surface area contributed by atoms with Crippen molar-refractivity contribution in [3.05, 3.63) is 24.3 Å². The van der Waals surface area contributed by atoms with Crippen molar-refractivity contribution < 1.29 is 52.1 Å². The molecule has 0 radical (unpaired) electrons. The first-order valence-electron chi connectivity index (χ1n) is 12.0. The van der Waals surface area contributed by atoms with E-state index in [1.54, 1.807) is 12.1 Å². The number of hydrogen-bond donors (Lipinski definition) is 0. The van der Waals surface area contributed by atoms with E-state index in [1.807, 2.05) is 39.8 Å². The third kappa shape index (κ3) is 6.81. The predicted molar refractivity (Wildman–Crippen MR) is 130 cm³/mol. The Morgan fingerprint density at radius 3 is 1.78 bits per heavy atom. The number of rotatable bonds is 8. The molecule has 12 heteroatoms. The van der Waals surface area contributed by atoms with Gasteiger partial charge in [0.1, 0.15) is 18.5 Å².